The Morgan fingerprint density at radius 3 is 2.95 bits per heavy atom. The molecule has 1 fully saturated rings. The molecule has 4 nitrogen and oxygen atoms in total. The minimum absolute atomic E-state index is 0. The van der Waals surface area contributed by atoms with Gasteiger partial charge in [-0.25, -0.2) is 0 Å². The Labute approximate surface area is 126 Å². The molecule has 0 aliphatic carbocycles. The van der Waals surface area contributed by atoms with Crippen molar-refractivity contribution in [2.24, 2.45) is 5.92 Å². The number of nitrogens with one attached hydrogen (secondary N) is 2. The van der Waals surface area contributed by atoms with E-state index in [4.69, 9.17) is 4.74 Å². The van der Waals surface area contributed by atoms with Gasteiger partial charge in [0.05, 0.1) is 13.0 Å². The van der Waals surface area contributed by atoms with Crippen molar-refractivity contribution in [3.63, 3.8) is 0 Å². The summed E-state index contributed by atoms with van der Waals surface area (Å²) in [6.45, 7) is 4.48. The van der Waals surface area contributed by atoms with Crippen LogP contribution in [0, 0.1) is 12.8 Å². The third-order valence-electron chi connectivity index (χ3n) is 3.56. The molecule has 1 aromatic rings. The van der Waals surface area contributed by atoms with E-state index in [-0.39, 0.29) is 24.2 Å². The van der Waals surface area contributed by atoms with Gasteiger partial charge < -0.3 is 15.4 Å². The first-order chi connectivity index (χ1) is 9.20. The molecule has 1 atom stereocenters. The molecule has 1 amide bonds. The molecule has 0 spiro atoms. The van der Waals surface area contributed by atoms with E-state index in [0.717, 1.165) is 37.2 Å². The zero-order valence-electron chi connectivity index (χ0n) is 12.1. The summed E-state index contributed by atoms with van der Waals surface area (Å²) in [6, 6.07) is 6.13. The molecule has 1 saturated heterocycles. The maximum atomic E-state index is 11.9. The fraction of sp³-hybridized carbons (Fsp3) is 0.533. The highest BCUT2D eigenvalue weighted by atomic mass is 35.5. The Morgan fingerprint density at radius 1 is 1.50 bits per heavy atom. The van der Waals surface area contributed by atoms with Crippen molar-refractivity contribution in [2.75, 3.05) is 26.7 Å². The van der Waals surface area contributed by atoms with Crippen molar-refractivity contribution in [3.8, 4) is 5.75 Å². The lowest BCUT2D eigenvalue weighted by Gasteiger charge is -2.12. The Balaban J connectivity index is 0.00000200. The zero-order valence-corrected chi connectivity index (χ0v) is 12.9. The first kappa shape index (κ1) is 16.8. The number of carbonyl (C=O) groups excluding carboxylic acids is 1. The van der Waals surface area contributed by atoms with Crippen LogP contribution in [0.5, 0.6) is 5.75 Å². The van der Waals surface area contributed by atoms with E-state index in [0.29, 0.717) is 6.54 Å². The molecule has 1 aromatic carbocycles. The molecule has 112 valence electrons. The number of methoxy groups -OCH3 is 1. The molecule has 1 unspecified atom stereocenters. The highest BCUT2D eigenvalue weighted by molar-refractivity contribution is 5.85. The predicted octanol–water partition coefficient (Wildman–Crippen LogP) is 1.69. The van der Waals surface area contributed by atoms with Crippen LogP contribution < -0.4 is 15.4 Å². The van der Waals surface area contributed by atoms with Crippen molar-refractivity contribution >= 4 is 18.3 Å². The number of amides is 1. The van der Waals surface area contributed by atoms with Crippen LogP contribution in [0.2, 0.25) is 0 Å². The van der Waals surface area contributed by atoms with Crippen LogP contribution in [-0.4, -0.2) is 32.7 Å². The van der Waals surface area contributed by atoms with Crippen LogP contribution in [0.4, 0.5) is 0 Å². The summed E-state index contributed by atoms with van der Waals surface area (Å²) in [5, 5.41) is 6.22. The van der Waals surface area contributed by atoms with Crippen LogP contribution >= 0.6 is 12.4 Å². The average molecular weight is 299 g/mol. The van der Waals surface area contributed by atoms with Crippen LogP contribution in [-0.2, 0) is 11.2 Å². The molecular formula is C15H23ClN2O2. The van der Waals surface area contributed by atoms with E-state index in [2.05, 4.69) is 23.6 Å². The fourth-order valence-electron chi connectivity index (χ4n) is 2.45. The van der Waals surface area contributed by atoms with E-state index in [9.17, 15) is 4.79 Å². The van der Waals surface area contributed by atoms with Gasteiger partial charge in [-0.1, -0.05) is 17.7 Å². The number of ether oxygens (including phenoxy) is 1. The Morgan fingerprint density at radius 2 is 2.30 bits per heavy atom. The first-order valence-corrected chi connectivity index (χ1v) is 6.82. The van der Waals surface area contributed by atoms with Crippen LogP contribution in [0.15, 0.2) is 18.2 Å². The minimum atomic E-state index is 0. The number of hydrogen-bond acceptors (Lipinski definition) is 3. The van der Waals surface area contributed by atoms with Gasteiger partial charge in [-0.15, -0.1) is 12.4 Å². The second-order valence-corrected chi connectivity index (χ2v) is 5.05. The van der Waals surface area contributed by atoms with Gasteiger partial charge in [-0.05, 0) is 37.9 Å². The van der Waals surface area contributed by atoms with Gasteiger partial charge in [-0.2, -0.15) is 0 Å². The zero-order chi connectivity index (χ0) is 13.7. The van der Waals surface area contributed by atoms with Gasteiger partial charge in [0.25, 0.3) is 0 Å². The summed E-state index contributed by atoms with van der Waals surface area (Å²) < 4.78 is 5.33. The Hall–Kier alpha value is -1.26. The van der Waals surface area contributed by atoms with Crippen LogP contribution in [0.3, 0.4) is 0 Å². The Bertz CT molecular complexity index is 445. The third-order valence-corrected chi connectivity index (χ3v) is 3.56. The van der Waals surface area contributed by atoms with Crippen LogP contribution in [0.1, 0.15) is 17.5 Å². The summed E-state index contributed by atoms with van der Waals surface area (Å²) in [4.78, 5) is 11.9. The molecule has 0 aromatic heterocycles. The minimum Gasteiger partial charge on any atom is -0.496 e. The number of aryl methyl sites for hydroxylation is 1. The molecule has 2 N–H and O–H groups in total. The first-order valence-electron chi connectivity index (χ1n) is 6.82. The van der Waals surface area contributed by atoms with Crippen molar-refractivity contribution in [3.05, 3.63) is 29.3 Å². The third kappa shape index (κ3) is 4.39. The van der Waals surface area contributed by atoms with Gasteiger partial charge in [0, 0.05) is 13.1 Å². The summed E-state index contributed by atoms with van der Waals surface area (Å²) in [5.41, 5.74) is 2.36. The number of benzene rings is 1. The van der Waals surface area contributed by atoms with Crippen molar-refractivity contribution in [2.45, 2.75) is 19.8 Å². The molecule has 2 rings (SSSR count). The van der Waals surface area contributed by atoms with Gasteiger partial charge >= 0.3 is 0 Å². The maximum absolute atomic E-state index is 11.9. The monoisotopic (exact) mass is 298 g/mol. The largest absolute Gasteiger partial charge is 0.496 e. The lowest BCUT2D eigenvalue weighted by molar-refractivity contribution is -0.124. The van der Waals surface area contributed by atoms with Crippen molar-refractivity contribution in [1.29, 1.82) is 0 Å². The predicted molar refractivity (Wildman–Crippen MR) is 82.7 cm³/mol. The number of rotatable bonds is 5. The second-order valence-electron chi connectivity index (χ2n) is 5.05. The van der Waals surface area contributed by atoms with Crippen molar-refractivity contribution < 1.29 is 9.53 Å². The summed E-state index contributed by atoms with van der Waals surface area (Å²) in [7, 11) is 1.68. The van der Waals surface area contributed by atoms with E-state index in [1.165, 1.54) is 5.56 Å². The smallest absolute Gasteiger partial charge is 0.224 e. The molecule has 0 saturated carbocycles. The number of halogens is 1. The fourth-order valence-corrected chi connectivity index (χ4v) is 2.45. The molecule has 0 bridgehead atoms. The summed E-state index contributed by atoms with van der Waals surface area (Å²) in [6.07, 6.45) is 1.75. The van der Waals surface area contributed by atoms with Gasteiger partial charge in [0.1, 0.15) is 5.75 Å². The summed E-state index contributed by atoms with van der Waals surface area (Å²) >= 11 is 0. The average Bonchev–Trinajstić information content (AvgIpc) is 2.93. The summed E-state index contributed by atoms with van der Waals surface area (Å²) in [5.74, 6) is 1.19. The van der Waals surface area contributed by atoms with E-state index in [1.807, 2.05) is 12.1 Å². The number of hydrogen-bond donors (Lipinski definition) is 2. The van der Waals surface area contributed by atoms with Crippen LogP contribution in [0.25, 0.3) is 0 Å². The van der Waals surface area contributed by atoms with Gasteiger partial charge in [-0.3, -0.25) is 4.79 Å². The normalized spacial score (nSPS) is 17.4. The molecule has 20 heavy (non-hydrogen) atoms. The van der Waals surface area contributed by atoms with E-state index < -0.39 is 0 Å². The molecule has 5 heteroatoms. The van der Waals surface area contributed by atoms with Gasteiger partial charge in [0.2, 0.25) is 5.91 Å². The standard InChI is InChI=1S/C15H22N2O2.ClH/c1-11-3-4-14(19-2)12(9-11)6-8-17-15(18)13-5-7-16-10-13;/h3-4,9,13,16H,5-8,10H2,1-2H3,(H,17,18);1H. The molecule has 1 heterocycles. The SMILES string of the molecule is COc1ccc(C)cc1CCNC(=O)C1CCNC1.Cl. The molecule has 1 aliphatic rings. The lowest BCUT2D eigenvalue weighted by Crippen LogP contribution is -2.33. The quantitative estimate of drug-likeness (QED) is 0.870. The highest BCUT2D eigenvalue weighted by Crippen LogP contribution is 2.19. The van der Waals surface area contributed by atoms with E-state index in [1.54, 1.807) is 7.11 Å². The van der Waals surface area contributed by atoms with Crippen molar-refractivity contribution in [1.82, 2.24) is 10.6 Å². The van der Waals surface area contributed by atoms with Gasteiger partial charge in [0.15, 0.2) is 0 Å². The highest BCUT2D eigenvalue weighted by Gasteiger charge is 2.21. The second kappa shape index (κ2) is 8.12. The lowest BCUT2D eigenvalue weighted by atomic mass is 10.1. The topological polar surface area (TPSA) is 50.4 Å². The van der Waals surface area contributed by atoms with E-state index >= 15 is 0 Å². The number of carbonyl (C=O) groups is 1. The Kier molecular flexibility index (Phi) is 6.82. The molecular weight excluding hydrogens is 276 g/mol. The maximum Gasteiger partial charge on any atom is 0.224 e. The molecule has 1 aliphatic heterocycles. The molecule has 0 radical (unpaired) electrons.